The number of piperidine rings is 1. The Morgan fingerprint density at radius 2 is 1.73 bits per heavy atom. The highest BCUT2D eigenvalue weighted by Crippen LogP contribution is 2.25. The summed E-state index contributed by atoms with van der Waals surface area (Å²) in [5.41, 5.74) is 1.41. The first-order valence-electron chi connectivity index (χ1n) is 10.8. The molecule has 4 rings (SSSR count). The van der Waals surface area contributed by atoms with Crippen LogP contribution in [0, 0.1) is 17.2 Å². The van der Waals surface area contributed by atoms with Crippen LogP contribution in [0.15, 0.2) is 65.6 Å². The quantitative estimate of drug-likeness (QED) is 0.604. The lowest BCUT2D eigenvalue weighted by molar-refractivity contribution is -0.126. The minimum Gasteiger partial charge on any atom is -0.497 e. The Labute approximate surface area is 193 Å². The Balaban J connectivity index is 1.33. The number of nitrogens with one attached hydrogen (secondary N) is 1. The van der Waals surface area contributed by atoms with Gasteiger partial charge in [-0.2, -0.15) is 9.57 Å². The van der Waals surface area contributed by atoms with Crippen molar-refractivity contribution in [2.45, 2.75) is 24.3 Å². The first-order valence-corrected chi connectivity index (χ1v) is 12.2. The van der Waals surface area contributed by atoms with E-state index in [2.05, 4.69) is 5.32 Å². The number of hydrogen-bond acceptors (Lipinski definition) is 5. The number of fused-ring (bicyclic) bond motifs is 1. The highest BCUT2D eigenvalue weighted by molar-refractivity contribution is 7.89. The smallest absolute Gasteiger partial charge is 0.243 e. The third-order valence-electron chi connectivity index (χ3n) is 6.02. The van der Waals surface area contributed by atoms with Crippen molar-refractivity contribution in [3.63, 3.8) is 0 Å². The van der Waals surface area contributed by atoms with Crippen molar-refractivity contribution in [3.05, 3.63) is 71.8 Å². The summed E-state index contributed by atoms with van der Waals surface area (Å²) in [5, 5.41) is 14.0. The molecule has 0 radical (unpaired) electrons. The van der Waals surface area contributed by atoms with Gasteiger partial charge in [0.1, 0.15) is 5.75 Å². The summed E-state index contributed by atoms with van der Waals surface area (Å²) in [4.78, 5) is 12.9. The molecule has 0 atom stereocenters. The van der Waals surface area contributed by atoms with Gasteiger partial charge in [0, 0.05) is 25.6 Å². The summed E-state index contributed by atoms with van der Waals surface area (Å²) >= 11 is 0. The third kappa shape index (κ3) is 5.00. The molecule has 170 valence electrons. The molecule has 1 amide bonds. The number of ether oxygens (including phenoxy) is 1. The number of amides is 1. The Morgan fingerprint density at radius 1 is 1.06 bits per heavy atom. The average Bonchev–Trinajstić information content (AvgIpc) is 2.86. The monoisotopic (exact) mass is 463 g/mol. The number of rotatable bonds is 6. The summed E-state index contributed by atoms with van der Waals surface area (Å²) < 4.78 is 32.4. The van der Waals surface area contributed by atoms with Crippen LogP contribution in [0.2, 0.25) is 0 Å². The molecule has 8 heteroatoms. The number of sulfonamides is 1. The summed E-state index contributed by atoms with van der Waals surface area (Å²) in [7, 11) is -2.00. The first kappa shape index (κ1) is 22.8. The van der Waals surface area contributed by atoms with E-state index in [0.717, 1.165) is 22.1 Å². The van der Waals surface area contributed by atoms with Crippen LogP contribution in [0.1, 0.15) is 24.0 Å². The molecular formula is C25H25N3O4S. The van der Waals surface area contributed by atoms with Crippen molar-refractivity contribution in [2.75, 3.05) is 20.2 Å². The molecule has 7 nitrogen and oxygen atoms in total. The molecule has 3 aromatic rings. The van der Waals surface area contributed by atoms with E-state index >= 15 is 0 Å². The van der Waals surface area contributed by atoms with Gasteiger partial charge >= 0.3 is 0 Å². The van der Waals surface area contributed by atoms with Crippen LogP contribution in [-0.4, -0.2) is 38.8 Å². The molecule has 1 aliphatic rings. The maximum absolute atomic E-state index is 12.9. The van der Waals surface area contributed by atoms with Gasteiger partial charge in [-0.3, -0.25) is 4.79 Å². The molecule has 0 spiro atoms. The molecule has 1 saturated heterocycles. The zero-order valence-electron chi connectivity index (χ0n) is 18.3. The van der Waals surface area contributed by atoms with Gasteiger partial charge in [-0.05, 0) is 71.6 Å². The minimum absolute atomic E-state index is 0.0553. The first-order chi connectivity index (χ1) is 15.9. The van der Waals surface area contributed by atoms with Gasteiger partial charge in [0.05, 0.1) is 23.6 Å². The Bertz CT molecular complexity index is 1310. The van der Waals surface area contributed by atoms with Crippen LogP contribution in [-0.2, 0) is 21.4 Å². The molecule has 0 saturated carbocycles. The lowest BCUT2D eigenvalue weighted by atomic mass is 9.97. The van der Waals surface area contributed by atoms with Crippen molar-refractivity contribution < 1.29 is 17.9 Å². The Morgan fingerprint density at radius 3 is 2.39 bits per heavy atom. The number of carbonyl (C=O) groups is 1. The maximum Gasteiger partial charge on any atom is 0.243 e. The summed E-state index contributed by atoms with van der Waals surface area (Å²) in [6.07, 6.45) is 0.942. The van der Waals surface area contributed by atoms with Gasteiger partial charge in [-0.25, -0.2) is 8.42 Å². The lowest BCUT2D eigenvalue weighted by Crippen LogP contribution is -2.42. The molecule has 3 aromatic carbocycles. The molecule has 1 N–H and O–H groups in total. The minimum atomic E-state index is -3.63. The number of nitriles is 1. The van der Waals surface area contributed by atoms with Crippen molar-refractivity contribution in [1.82, 2.24) is 9.62 Å². The van der Waals surface area contributed by atoms with Gasteiger partial charge in [-0.15, -0.1) is 0 Å². The average molecular weight is 464 g/mol. The highest BCUT2D eigenvalue weighted by atomic mass is 32.2. The largest absolute Gasteiger partial charge is 0.497 e. The second kappa shape index (κ2) is 9.61. The summed E-state index contributed by atoms with van der Waals surface area (Å²) in [6.45, 7) is 1.00. The molecule has 0 unspecified atom stereocenters. The van der Waals surface area contributed by atoms with Crippen LogP contribution in [0.4, 0.5) is 0 Å². The van der Waals surface area contributed by atoms with E-state index < -0.39 is 10.0 Å². The molecule has 0 aromatic heterocycles. The normalized spacial score (nSPS) is 15.2. The predicted molar refractivity (Wildman–Crippen MR) is 125 cm³/mol. The van der Waals surface area contributed by atoms with E-state index in [9.17, 15) is 13.2 Å². The number of methoxy groups -OCH3 is 1. The van der Waals surface area contributed by atoms with E-state index in [1.54, 1.807) is 7.11 Å². The molecule has 1 heterocycles. The van der Waals surface area contributed by atoms with E-state index in [1.807, 2.05) is 42.5 Å². The fourth-order valence-electron chi connectivity index (χ4n) is 4.05. The highest BCUT2D eigenvalue weighted by Gasteiger charge is 2.32. The number of benzene rings is 3. The van der Waals surface area contributed by atoms with Gasteiger partial charge < -0.3 is 10.1 Å². The molecular weight excluding hydrogens is 438 g/mol. The zero-order valence-corrected chi connectivity index (χ0v) is 19.1. The van der Waals surface area contributed by atoms with Crippen LogP contribution < -0.4 is 10.1 Å². The summed E-state index contributed by atoms with van der Waals surface area (Å²) in [6, 6.07) is 19.8. The van der Waals surface area contributed by atoms with Crippen molar-refractivity contribution in [2.24, 2.45) is 5.92 Å². The topological polar surface area (TPSA) is 99.5 Å². The van der Waals surface area contributed by atoms with Gasteiger partial charge in [0.2, 0.25) is 15.9 Å². The molecule has 33 heavy (non-hydrogen) atoms. The number of nitrogens with zero attached hydrogens (tertiary/aromatic N) is 2. The van der Waals surface area contributed by atoms with Crippen molar-refractivity contribution in [1.29, 1.82) is 5.26 Å². The van der Waals surface area contributed by atoms with E-state index in [-0.39, 0.29) is 29.8 Å². The second-order valence-corrected chi connectivity index (χ2v) is 10.0. The van der Waals surface area contributed by atoms with Gasteiger partial charge in [-0.1, -0.05) is 18.2 Å². The van der Waals surface area contributed by atoms with Gasteiger partial charge in [0.15, 0.2) is 0 Å². The van der Waals surface area contributed by atoms with Crippen molar-refractivity contribution in [3.8, 4) is 11.8 Å². The molecule has 0 bridgehead atoms. The SMILES string of the molecule is COc1ccc2cc(CNC(=O)C3CCN(S(=O)(=O)c4ccc(C#N)cc4)CC3)ccc2c1. The van der Waals surface area contributed by atoms with E-state index in [4.69, 9.17) is 10.00 Å². The molecule has 1 fully saturated rings. The van der Waals surface area contributed by atoms with Gasteiger partial charge in [0.25, 0.3) is 0 Å². The number of hydrogen-bond donors (Lipinski definition) is 1. The standard InChI is InChI=1S/C25H25N3O4S/c1-32-23-7-6-21-14-19(2-5-22(21)15-23)17-27-25(29)20-10-12-28(13-11-20)33(30,31)24-8-3-18(16-26)4-9-24/h2-9,14-15,20H,10-13,17H2,1H3,(H,27,29). The third-order valence-corrected chi connectivity index (χ3v) is 7.94. The summed E-state index contributed by atoms with van der Waals surface area (Å²) in [5.74, 6) is 0.526. The molecule has 0 aliphatic carbocycles. The Hall–Kier alpha value is -3.41. The molecule has 1 aliphatic heterocycles. The predicted octanol–water partition coefficient (Wildman–Crippen LogP) is 3.44. The Kier molecular flexibility index (Phi) is 6.63. The maximum atomic E-state index is 12.9. The van der Waals surface area contributed by atoms with Crippen LogP contribution in [0.3, 0.4) is 0 Å². The fraction of sp³-hybridized carbons (Fsp3) is 0.280. The van der Waals surface area contributed by atoms with Crippen LogP contribution in [0.25, 0.3) is 10.8 Å². The fourth-order valence-corrected chi connectivity index (χ4v) is 5.52. The van der Waals surface area contributed by atoms with Crippen LogP contribution in [0.5, 0.6) is 5.75 Å². The van der Waals surface area contributed by atoms with E-state index in [1.165, 1.54) is 28.6 Å². The number of carbonyl (C=O) groups excluding carboxylic acids is 1. The zero-order chi connectivity index (χ0) is 23.4. The lowest BCUT2D eigenvalue weighted by Gasteiger charge is -2.30. The second-order valence-electron chi connectivity index (χ2n) is 8.08. The van der Waals surface area contributed by atoms with Crippen molar-refractivity contribution >= 4 is 26.7 Å². The van der Waals surface area contributed by atoms with E-state index in [0.29, 0.717) is 24.9 Å². The van der Waals surface area contributed by atoms with Crippen LogP contribution >= 0.6 is 0 Å².